The normalized spacial score (nSPS) is 14.8. The van der Waals surface area contributed by atoms with Gasteiger partial charge in [-0.3, -0.25) is 4.79 Å². The van der Waals surface area contributed by atoms with Crippen molar-refractivity contribution in [1.82, 2.24) is 9.62 Å². The second kappa shape index (κ2) is 11.1. The molecule has 1 saturated heterocycles. The number of ether oxygens (including phenoxy) is 2. The summed E-state index contributed by atoms with van der Waals surface area (Å²) in [5.41, 5.74) is 0.490. The number of hydrogen-bond donors (Lipinski definition) is 1. The van der Waals surface area contributed by atoms with Crippen molar-refractivity contribution in [2.45, 2.75) is 6.42 Å². The van der Waals surface area contributed by atoms with Crippen molar-refractivity contribution in [3.63, 3.8) is 0 Å². The van der Waals surface area contributed by atoms with E-state index in [0.29, 0.717) is 49.8 Å². The molecule has 3 rings (SSSR count). The minimum atomic E-state index is -3.44. The molecule has 0 spiro atoms. The minimum absolute atomic E-state index is 0.0632. The van der Waals surface area contributed by atoms with E-state index in [1.54, 1.807) is 49.6 Å². The average molecular weight is 466 g/mol. The molecule has 0 bridgehead atoms. The molecule has 1 amide bonds. The summed E-state index contributed by atoms with van der Waals surface area (Å²) in [4.78, 5) is 13.8. The van der Waals surface area contributed by atoms with E-state index in [1.807, 2.05) is 4.90 Å². The van der Waals surface area contributed by atoms with E-state index < -0.39 is 10.0 Å². The van der Waals surface area contributed by atoms with E-state index in [1.165, 1.54) is 10.4 Å². The Bertz CT molecular complexity index is 993. The van der Waals surface area contributed by atoms with Crippen LogP contribution in [0.15, 0.2) is 48.5 Å². The van der Waals surface area contributed by atoms with Gasteiger partial charge < -0.3 is 19.7 Å². The zero-order valence-corrected chi connectivity index (χ0v) is 18.8. The maximum Gasteiger partial charge on any atom is 0.257 e. The van der Waals surface area contributed by atoms with Crippen LogP contribution < -0.4 is 19.7 Å². The topological polar surface area (TPSA) is 88.2 Å². The molecule has 1 aliphatic heterocycles. The first-order valence-corrected chi connectivity index (χ1v) is 12.0. The van der Waals surface area contributed by atoms with Crippen molar-refractivity contribution in [3.8, 4) is 11.5 Å². The van der Waals surface area contributed by atoms with Crippen LogP contribution in [0.2, 0.25) is 0 Å². The third-order valence-electron chi connectivity index (χ3n) is 5.16. The standard InChI is InChI=1S/C22H28FN3O5S/c1-30-18-7-9-19(10-8-18)31-17-22(27)24-11-4-16-32(28,29)26-14-12-25(13-15-26)21-6-3-2-5-20(21)23/h2-3,5-10H,4,11-17H2,1H3,(H,24,27). The zero-order valence-electron chi connectivity index (χ0n) is 18.0. The molecule has 1 N–H and O–H groups in total. The van der Waals surface area contributed by atoms with Gasteiger partial charge in [-0.25, -0.2) is 12.8 Å². The summed E-state index contributed by atoms with van der Waals surface area (Å²) >= 11 is 0. The monoisotopic (exact) mass is 465 g/mol. The first-order chi connectivity index (χ1) is 15.4. The molecule has 2 aromatic rings. The van der Waals surface area contributed by atoms with Crippen molar-refractivity contribution >= 4 is 21.6 Å². The predicted molar refractivity (Wildman–Crippen MR) is 120 cm³/mol. The molecule has 1 fully saturated rings. The number of methoxy groups -OCH3 is 1. The van der Waals surface area contributed by atoms with Gasteiger partial charge in [-0.1, -0.05) is 12.1 Å². The first-order valence-electron chi connectivity index (χ1n) is 10.4. The quantitative estimate of drug-likeness (QED) is 0.539. The molecule has 0 atom stereocenters. The van der Waals surface area contributed by atoms with Crippen molar-refractivity contribution in [3.05, 3.63) is 54.3 Å². The fraction of sp³-hybridized carbons (Fsp3) is 0.409. The lowest BCUT2D eigenvalue weighted by molar-refractivity contribution is -0.123. The molecule has 1 aliphatic rings. The lowest BCUT2D eigenvalue weighted by Crippen LogP contribution is -2.49. The number of carbonyl (C=O) groups excluding carboxylic acids is 1. The molecule has 0 saturated carbocycles. The van der Waals surface area contributed by atoms with E-state index in [4.69, 9.17) is 9.47 Å². The van der Waals surface area contributed by atoms with E-state index in [2.05, 4.69) is 5.32 Å². The number of anilines is 1. The molecule has 0 radical (unpaired) electrons. The van der Waals surface area contributed by atoms with Crippen molar-refractivity contribution in [2.24, 2.45) is 0 Å². The first kappa shape index (κ1) is 23.8. The smallest absolute Gasteiger partial charge is 0.257 e. The Morgan fingerprint density at radius 1 is 1.03 bits per heavy atom. The lowest BCUT2D eigenvalue weighted by atomic mass is 10.2. The fourth-order valence-corrected chi connectivity index (χ4v) is 4.89. The van der Waals surface area contributed by atoms with Crippen LogP contribution in [0.1, 0.15) is 6.42 Å². The molecular weight excluding hydrogens is 437 g/mol. The van der Waals surface area contributed by atoms with Crippen LogP contribution >= 0.6 is 0 Å². The fourth-order valence-electron chi connectivity index (χ4n) is 3.40. The van der Waals surface area contributed by atoms with Crippen LogP contribution in [0.5, 0.6) is 11.5 Å². The maximum absolute atomic E-state index is 13.9. The van der Waals surface area contributed by atoms with Crippen molar-refractivity contribution in [1.29, 1.82) is 0 Å². The summed E-state index contributed by atoms with van der Waals surface area (Å²) < 4.78 is 51.0. The Morgan fingerprint density at radius 3 is 2.34 bits per heavy atom. The van der Waals surface area contributed by atoms with E-state index in [-0.39, 0.29) is 30.6 Å². The van der Waals surface area contributed by atoms with Gasteiger partial charge in [0, 0.05) is 32.7 Å². The number of amides is 1. The van der Waals surface area contributed by atoms with Crippen LogP contribution in [-0.4, -0.2) is 70.8 Å². The molecule has 10 heteroatoms. The van der Waals surface area contributed by atoms with E-state index in [0.717, 1.165) is 0 Å². The highest BCUT2D eigenvalue weighted by Gasteiger charge is 2.27. The number of para-hydroxylation sites is 1. The molecule has 2 aromatic carbocycles. The number of rotatable bonds is 10. The van der Waals surface area contributed by atoms with E-state index in [9.17, 15) is 17.6 Å². The Balaban J connectivity index is 1.35. The second-order valence-electron chi connectivity index (χ2n) is 7.32. The highest BCUT2D eigenvalue weighted by Crippen LogP contribution is 2.21. The molecule has 0 aromatic heterocycles. The SMILES string of the molecule is COc1ccc(OCC(=O)NCCCS(=O)(=O)N2CCN(c3ccccc3F)CC2)cc1. The molecular formula is C22H28FN3O5S. The Morgan fingerprint density at radius 2 is 1.69 bits per heavy atom. The number of nitrogens with zero attached hydrogens (tertiary/aromatic N) is 2. The van der Waals surface area contributed by atoms with Gasteiger partial charge in [-0.15, -0.1) is 0 Å². The Kier molecular flexibility index (Phi) is 8.29. The molecule has 174 valence electrons. The summed E-state index contributed by atoms with van der Waals surface area (Å²) in [5.74, 6) is 0.536. The van der Waals surface area contributed by atoms with Crippen LogP contribution in [0.3, 0.4) is 0 Å². The third kappa shape index (κ3) is 6.57. The Hall–Kier alpha value is -2.85. The van der Waals surface area contributed by atoms with E-state index >= 15 is 0 Å². The number of carbonyl (C=O) groups is 1. The highest BCUT2D eigenvalue weighted by molar-refractivity contribution is 7.89. The number of nitrogens with one attached hydrogen (secondary N) is 1. The van der Waals surface area contributed by atoms with Gasteiger partial charge in [0.2, 0.25) is 10.0 Å². The maximum atomic E-state index is 13.9. The van der Waals surface area contributed by atoms with Gasteiger partial charge in [0.05, 0.1) is 18.6 Å². The summed E-state index contributed by atoms with van der Waals surface area (Å²) in [7, 11) is -1.88. The summed E-state index contributed by atoms with van der Waals surface area (Å²) in [6.07, 6.45) is 0.296. The van der Waals surface area contributed by atoms with Crippen LogP contribution in [0.25, 0.3) is 0 Å². The summed E-state index contributed by atoms with van der Waals surface area (Å²) in [6.45, 7) is 1.55. The molecule has 0 aliphatic carbocycles. The Labute approximate surface area is 188 Å². The van der Waals surface area contributed by atoms with Gasteiger partial charge in [0.1, 0.15) is 17.3 Å². The zero-order chi connectivity index (χ0) is 23.0. The van der Waals surface area contributed by atoms with Crippen molar-refractivity contribution < 1.29 is 27.1 Å². The van der Waals surface area contributed by atoms with Crippen LogP contribution in [0.4, 0.5) is 10.1 Å². The average Bonchev–Trinajstić information content (AvgIpc) is 2.81. The van der Waals surface area contributed by atoms with Crippen LogP contribution in [-0.2, 0) is 14.8 Å². The molecule has 1 heterocycles. The lowest BCUT2D eigenvalue weighted by Gasteiger charge is -2.35. The predicted octanol–water partition coefficient (Wildman–Crippen LogP) is 1.87. The summed E-state index contributed by atoms with van der Waals surface area (Å²) in [6, 6.07) is 13.3. The number of sulfonamides is 1. The number of piperazine rings is 1. The molecule has 0 unspecified atom stereocenters. The van der Waals surface area contributed by atoms with Crippen molar-refractivity contribution in [2.75, 3.05) is 57.1 Å². The highest BCUT2D eigenvalue weighted by atomic mass is 32.2. The number of halogens is 1. The number of hydrogen-bond acceptors (Lipinski definition) is 6. The number of benzene rings is 2. The minimum Gasteiger partial charge on any atom is -0.497 e. The van der Waals surface area contributed by atoms with Gasteiger partial charge in [0.25, 0.3) is 5.91 Å². The molecule has 32 heavy (non-hydrogen) atoms. The molecule has 8 nitrogen and oxygen atoms in total. The van der Waals surface area contributed by atoms with Crippen LogP contribution in [0, 0.1) is 5.82 Å². The van der Waals surface area contributed by atoms with Gasteiger partial charge in [0.15, 0.2) is 6.61 Å². The van der Waals surface area contributed by atoms with Gasteiger partial charge in [-0.2, -0.15) is 4.31 Å². The van der Waals surface area contributed by atoms with Gasteiger partial charge in [-0.05, 0) is 42.8 Å². The summed E-state index contributed by atoms with van der Waals surface area (Å²) in [5, 5.41) is 2.66. The largest absolute Gasteiger partial charge is 0.497 e. The third-order valence-corrected chi connectivity index (χ3v) is 7.11. The second-order valence-corrected chi connectivity index (χ2v) is 9.41. The van der Waals surface area contributed by atoms with Gasteiger partial charge >= 0.3 is 0 Å².